The van der Waals surface area contributed by atoms with Crippen LogP contribution in [0.1, 0.15) is 11.1 Å². The minimum Gasteiger partial charge on any atom is -0.246 e. The SMILES string of the molecule is [Cl][Pd][Cl].c1ccc(N=C2C(=Nc3ccccc3)c3cccc4cccc2c34)cc1. The molecule has 0 N–H and O–H groups in total. The van der Waals surface area contributed by atoms with E-state index in [0.29, 0.717) is 0 Å². The zero-order valence-corrected chi connectivity index (χ0v) is 18.3. The molecule has 0 bridgehead atoms. The van der Waals surface area contributed by atoms with Crippen LogP contribution in [0.4, 0.5) is 11.4 Å². The molecule has 1 aliphatic carbocycles. The van der Waals surface area contributed by atoms with Crippen LogP contribution >= 0.6 is 19.1 Å². The molecule has 5 rings (SSSR count). The summed E-state index contributed by atoms with van der Waals surface area (Å²) in [5.41, 5.74) is 6.05. The zero-order chi connectivity index (χ0) is 20.1. The topological polar surface area (TPSA) is 24.7 Å². The smallest absolute Gasteiger partial charge is 0.0978 e. The fourth-order valence-electron chi connectivity index (χ4n) is 3.48. The summed E-state index contributed by atoms with van der Waals surface area (Å²) in [6.07, 6.45) is 0. The summed E-state index contributed by atoms with van der Waals surface area (Å²) in [5, 5.41) is 2.46. The van der Waals surface area contributed by atoms with E-state index < -0.39 is 0 Å². The van der Waals surface area contributed by atoms with E-state index in [-0.39, 0.29) is 15.9 Å². The first-order valence-electron chi connectivity index (χ1n) is 8.94. The second-order valence-corrected chi connectivity index (χ2v) is 8.71. The van der Waals surface area contributed by atoms with Crippen LogP contribution in [0.15, 0.2) is 107 Å². The summed E-state index contributed by atoms with van der Waals surface area (Å²) in [6, 6.07) is 32.9. The molecule has 5 heteroatoms. The second kappa shape index (κ2) is 9.48. The third kappa shape index (κ3) is 4.34. The predicted octanol–water partition coefficient (Wildman–Crippen LogP) is 7.47. The van der Waals surface area contributed by atoms with Gasteiger partial charge in [-0.15, -0.1) is 0 Å². The molecule has 0 fully saturated rings. The van der Waals surface area contributed by atoms with Gasteiger partial charge in [0.25, 0.3) is 0 Å². The van der Waals surface area contributed by atoms with Crippen LogP contribution in [0, 0.1) is 0 Å². The quantitative estimate of drug-likeness (QED) is 0.250. The van der Waals surface area contributed by atoms with E-state index in [4.69, 9.17) is 29.0 Å². The number of para-hydroxylation sites is 2. The third-order valence-electron chi connectivity index (χ3n) is 4.63. The van der Waals surface area contributed by atoms with Gasteiger partial charge in [-0.05, 0) is 29.7 Å². The molecule has 1 aliphatic rings. The fraction of sp³-hybridized carbons (Fsp3) is 0. The summed E-state index contributed by atoms with van der Waals surface area (Å²) in [5.74, 6) is 0. The maximum Gasteiger partial charge on any atom is 0.0978 e. The minimum absolute atomic E-state index is 0.106. The van der Waals surface area contributed by atoms with E-state index in [2.05, 4.69) is 36.4 Å². The van der Waals surface area contributed by atoms with Crippen molar-refractivity contribution in [3.05, 3.63) is 108 Å². The number of hydrogen-bond donors (Lipinski definition) is 0. The summed E-state index contributed by atoms with van der Waals surface area (Å²) in [6.45, 7) is 0. The monoisotopic (exact) mass is 508 g/mol. The Bertz CT molecular complexity index is 1100. The van der Waals surface area contributed by atoms with E-state index in [1.165, 1.54) is 10.8 Å². The second-order valence-electron chi connectivity index (χ2n) is 6.35. The number of aliphatic imine (C=N–C) groups is 2. The van der Waals surface area contributed by atoms with Crippen LogP contribution in [0.5, 0.6) is 0 Å². The van der Waals surface area contributed by atoms with E-state index in [1.54, 1.807) is 0 Å². The summed E-state index contributed by atoms with van der Waals surface area (Å²) in [7, 11) is 9.63. The molecule has 0 spiro atoms. The Labute approximate surface area is 186 Å². The molecule has 29 heavy (non-hydrogen) atoms. The van der Waals surface area contributed by atoms with Crippen LogP contribution in [0.25, 0.3) is 10.8 Å². The van der Waals surface area contributed by atoms with Gasteiger partial charge in [0.05, 0.1) is 22.8 Å². The fourth-order valence-corrected chi connectivity index (χ4v) is 3.48. The molecule has 0 saturated heterocycles. The zero-order valence-electron chi connectivity index (χ0n) is 15.2. The van der Waals surface area contributed by atoms with Crippen molar-refractivity contribution < 1.29 is 15.9 Å². The predicted molar refractivity (Wildman–Crippen MR) is 121 cm³/mol. The molecular formula is C24H16Cl2N2Pd. The van der Waals surface area contributed by atoms with Crippen LogP contribution in [-0.4, -0.2) is 11.4 Å². The molecule has 0 amide bonds. The molecule has 0 aliphatic heterocycles. The van der Waals surface area contributed by atoms with Crippen molar-refractivity contribution in [1.82, 2.24) is 0 Å². The van der Waals surface area contributed by atoms with Gasteiger partial charge in [0.1, 0.15) is 0 Å². The standard InChI is InChI=1S/C24H16N2.2ClH.Pd/c1-3-11-18(12-4-1)25-23-20-15-7-9-17-10-8-16-21(22(17)20)24(23)26-19-13-5-2-6-14-19;;;/h1-16H;2*1H;/q;;;+2/p-2. The van der Waals surface area contributed by atoms with Gasteiger partial charge in [0.2, 0.25) is 0 Å². The molecule has 0 atom stereocenters. The molecular weight excluding hydrogens is 494 g/mol. The van der Waals surface area contributed by atoms with E-state index in [0.717, 1.165) is 33.9 Å². The molecule has 4 aromatic carbocycles. The van der Waals surface area contributed by atoms with Crippen LogP contribution in [0.3, 0.4) is 0 Å². The molecule has 2 nitrogen and oxygen atoms in total. The van der Waals surface area contributed by atoms with Crippen molar-refractivity contribution in [2.75, 3.05) is 0 Å². The van der Waals surface area contributed by atoms with Crippen LogP contribution in [-0.2, 0) is 15.9 Å². The molecule has 0 aromatic heterocycles. The average molecular weight is 510 g/mol. The number of benzene rings is 4. The number of nitrogens with zero attached hydrogens (tertiary/aromatic N) is 2. The maximum absolute atomic E-state index is 4.96. The van der Waals surface area contributed by atoms with Crippen molar-refractivity contribution in [1.29, 1.82) is 0 Å². The van der Waals surface area contributed by atoms with Gasteiger partial charge in [0.15, 0.2) is 0 Å². The summed E-state index contributed by atoms with van der Waals surface area (Å²) < 4.78 is 0. The van der Waals surface area contributed by atoms with Crippen LogP contribution < -0.4 is 0 Å². The Balaban J connectivity index is 0.000000645. The maximum atomic E-state index is 4.96. The van der Waals surface area contributed by atoms with E-state index >= 15 is 0 Å². The Morgan fingerprint density at radius 3 is 1.34 bits per heavy atom. The number of hydrogen-bond acceptors (Lipinski definition) is 2. The molecule has 0 radical (unpaired) electrons. The van der Waals surface area contributed by atoms with Crippen molar-refractivity contribution >= 4 is 52.6 Å². The van der Waals surface area contributed by atoms with Crippen molar-refractivity contribution in [3.63, 3.8) is 0 Å². The van der Waals surface area contributed by atoms with Gasteiger partial charge in [-0.2, -0.15) is 0 Å². The first-order chi connectivity index (χ1) is 14.3. The normalized spacial score (nSPS) is 15.0. The van der Waals surface area contributed by atoms with Gasteiger partial charge in [-0.3, -0.25) is 0 Å². The molecule has 4 aromatic rings. The first-order valence-corrected chi connectivity index (χ1v) is 12.9. The van der Waals surface area contributed by atoms with Gasteiger partial charge in [-0.25, -0.2) is 9.98 Å². The van der Waals surface area contributed by atoms with Crippen molar-refractivity contribution in [3.8, 4) is 0 Å². The summed E-state index contributed by atoms with van der Waals surface area (Å²) >= 11 is -0.106. The molecule has 0 unspecified atom stereocenters. The average Bonchev–Trinajstić information content (AvgIpc) is 3.05. The Kier molecular flexibility index (Phi) is 6.54. The molecule has 0 heterocycles. The summed E-state index contributed by atoms with van der Waals surface area (Å²) in [4.78, 5) is 9.92. The number of halogens is 2. The van der Waals surface area contributed by atoms with E-state index in [9.17, 15) is 0 Å². The largest absolute Gasteiger partial charge is 0.246 e. The third-order valence-corrected chi connectivity index (χ3v) is 4.63. The number of rotatable bonds is 2. The Morgan fingerprint density at radius 1 is 0.517 bits per heavy atom. The van der Waals surface area contributed by atoms with Crippen molar-refractivity contribution in [2.24, 2.45) is 9.98 Å². The Hall–Kier alpha value is -2.28. The van der Waals surface area contributed by atoms with Crippen LogP contribution in [0.2, 0.25) is 0 Å². The molecule has 146 valence electrons. The van der Waals surface area contributed by atoms with E-state index in [1.807, 2.05) is 60.7 Å². The molecule has 0 saturated carbocycles. The van der Waals surface area contributed by atoms with Crippen molar-refractivity contribution in [2.45, 2.75) is 0 Å². The minimum atomic E-state index is -0.106. The van der Waals surface area contributed by atoms with Gasteiger partial charge in [-0.1, -0.05) is 72.8 Å². The van der Waals surface area contributed by atoms with Gasteiger partial charge in [0, 0.05) is 16.5 Å². The Morgan fingerprint density at radius 2 is 0.931 bits per heavy atom. The van der Waals surface area contributed by atoms with Gasteiger partial charge < -0.3 is 0 Å². The first kappa shape index (κ1) is 20.0. The van der Waals surface area contributed by atoms with Gasteiger partial charge >= 0.3 is 35.0 Å².